The highest BCUT2D eigenvalue weighted by molar-refractivity contribution is 5.91. The maximum absolute atomic E-state index is 11.8. The number of hydrogen-bond donors (Lipinski definition) is 1. The minimum Gasteiger partial charge on any atom is -0.475 e. The third-order valence-electron chi connectivity index (χ3n) is 2.46. The second-order valence-electron chi connectivity index (χ2n) is 4.69. The van der Waals surface area contributed by atoms with E-state index >= 15 is 0 Å². The van der Waals surface area contributed by atoms with Gasteiger partial charge in [0.15, 0.2) is 0 Å². The highest BCUT2D eigenvalue weighted by atomic mass is 16.5. The zero-order chi connectivity index (χ0) is 14.5. The molecular formula is C14H17N3O3. The number of amides is 1. The van der Waals surface area contributed by atoms with Crippen molar-refractivity contribution in [3.05, 3.63) is 41.4 Å². The molecule has 0 saturated heterocycles. The summed E-state index contributed by atoms with van der Waals surface area (Å²) in [5, 5.41) is 6.40. The Morgan fingerprint density at radius 3 is 2.80 bits per heavy atom. The van der Waals surface area contributed by atoms with Crippen LogP contribution in [0.25, 0.3) is 0 Å². The Balaban J connectivity index is 1.89. The van der Waals surface area contributed by atoms with E-state index in [-0.39, 0.29) is 17.8 Å². The number of hydrogen-bond acceptors (Lipinski definition) is 5. The number of carbonyl (C=O) groups is 1. The average molecular weight is 275 g/mol. The monoisotopic (exact) mass is 275 g/mol. The lowest BCUT2D eigenvalue weighted by atomic mass is 10.2. The van der Waals surface area contributed by atoms with Gasteiger partial charge in [0.05, 0.1) is 11.8 Å². The molecule has 2 rings (SSSR count). The van der Waals surface area contributed by atoms with Crippen molar-refractivity contribution in [2.75, 3.05) is 0 Å². The van der Waals surface area contributed by atoms with Crippen molar-refractivity contribution < 1.29 is 14.1 Å². The van der Waals surface area contributed by atoms with Crippen LogP contribution < -0.4 is 10.1 Å². The van der Waals surface area contributed by atoms with Crippen molar-refractivity contribution in [2.24, 2.45) is 0 Å². The predicted octanol–water partition coefficient (Wildman–Crippen LogP) is 2.10. The normalized spacial score (nSPS) is 10.6. The number of rotatable bonds is 5. The molecule has 6 heteroatoms. The van der Waals surface area contributed by atoms with Crippen LogP contribution in [0.5, 0.6) is 5.88 Å². The van der Waals surface area contributed by atoms with E-state index in [1.807, 2.05) is 19.9 Å². The Morgan fingerprint density at radius 1 is 1.45 bits per heavy atom. The highest BCUT2D eigenvalue weighted by Gasteiger charge is 2.11. The molecule has 2 aromatic rings. The molecule has 20 heavy (non-hydrogen) atoms. The number of nitrogens with zero attached hydrogens (tertiary/aromatic N) is 2. The molecule has 0 bridgehead atoms. The molecule has 0 aliphatic rings. The van der Waals surface area contributed by atoms with Gasteiger partial charge in [0.1, 0.15) is 0 Å². The molecule has 2 heterocycles. The minimum atomic E-state index is -0.298. The van der Waals surface area contributed by atoms with Crippen LogP contribution in [-0.4, -0.2) is 22.2 Å². The third-order valence-corrected chi connectivity index (χ3v) is 2.46. The molecule has 0 aliphatic heterocycles. The standard InChI is InChI=1S/C14H17N3O3/c1-9(2)19-13-5-4-11(7-15-13)8-16-14(18)12-6-10(3)17-20-12/h4-7,9H,8H2,1-3H3,(H,16,18). The van der Waals surface area contributed by atoms with Gasteiger partial charge in [-0.3, -0.25) is 4.79 Å². The van der Waals surface area contributed by atoms with E-state index in [0.29, 0.717) is 18.1 Å². The number of carbonyl (C=O) groups excluding carboxylic acids is 1. The van der Waals surface area contributed by atoms with Gasteiger partial charge in [-0.25, -0.2) is 4.98 Å². The van der Waals surface area contributed by atoms with Gasteiger partial charge < -0.3 is 14.6 Å². The van der Waals surface area contributed by atoms with Gasteiger partial charge in [-0.1, -0.05) is 11.2 Å². The van der Waals surface area contributed by atoms with Gasteiger partial charge in [0, 0.05) is 24.9 Å². The van der Waals surface area contributed by atoms with Crippen LogP contribution in [0, 0.1) is 6.92 Å². The summed E-state index contributed by atoms with van der Waals surface area (Å²) in [7, 11) is 0. The van der Waals surface area contributed by atoms with Crippen LogP contribution in [0.15, 0.2) is 28.9 Å². The smallest absolute Gasteiger partial charge is 0.290 e. The molecule has 1 amide bonds. The summed E-state index contributed by atoms with van der Waals surface area (Å²) in [5.74, 6) is 0.476. The van der Waals surface area contributed by atoms with Crippen LogP contribution in [-0.2, 0) is 6.54 Å². The lowest BCUT2D eigenvalue weighted by molar-refractivity contribution is 0.0914. The Hall–Kier alpha value is -2.37. The van der Waals surface area contributed by atoms with Crippen molar-refractivity contribution in [1.82, 2.24) is 15.5 Å². The molecule has 0 aliphatic carbocycles. The van der Waals surface area contributed by atoms with Crippen molar-refractivity contribution in [3.8, 4) is 5.88 Å². The van der Waals surface area contributed by atoms with Crippen molar-refractivity contribution in [1.29, 1.82) is 0 Å². The fourth-order valence-electron chi connectivity index (χ4n) is 1.57. The number of aromatic nitrogens is 2. The first-order chi connectivity index (χ1) is 9.54. The van der Waals surface area contributed by atoms with E-state index in [0.717, 1.165) is 5.56 Å². The maximum atomic E-state index is 11.8. The Morgan fingerprint density at radius 2 is 2.25 bits per heavy atom. The largest absolute Gasteiger partial charge is 0.475 e. The van der Waals surface area contributed by atoms with Crippen LogP contribution in [0.2, 0.25) is 0 Å². The summed E-state index contributed by atoms with van der Waals surface area (Å²) in [6.45, 7) is 6.01. The van der Waals surface area contributed by atoms with Crippen molar-refractivity contribution in [3.63, 3.8) is 0 Å². The lowest BCUT2D eigenvalue weighted by Crippen LogP contribution is -2.22. The van der Waals surface area contributed by atoms with Crippen molar-refractivity contribution >= 4 is 5.91 Å². The van der Waals surface area contributed by atoms with Crippen LogP contribution >= 0.6 is 0 Å². The van der Waals surface area contributed by atoms with Gasteiger partial charge in [-0.2, -0.15) is 0 Å². The van der Waals surface area contributed by atoms with Crippen molar-refractivity contribution in [2.45, 2.75) is 33.4 Å². The van der Waals surface area contributed by atoms with Crippen LogP contribution in [0.3, 0.4) is 0 Å². The molecule has 0 fully saturated rings. The zero-order valence-electron chi connectivity index (χ0n) is 11.7. The van der Waals surface area contributed by atoms with E-state index in [1.165, 1.54) is 0 Å². The summed E-state index contributed by atoms with van der Waals surface area (Å²) >= 11 is 0. The summed E-state index contributed by atoms with van der Waals surface area (Å²) in [6, 6.07) is 5.23. The first-order valence-corrected chi connectivity index (χ1v) is 6.37. The first kappa shape index (κ1) is 14.0. The van der Waals surface area contributed by atoms with Gasteiger partial charge in [0.25, 0.3) is 5.91 Å². The van der Waals surface area contributed by atoms with Gasteiger partial charge in [-0.05, 0) is 26.3 Å². The average Bonchev–Trinajstić information content (AvgIpc) is 2.84. The SMILES string of the molecule is Cc1cc(C(=O)NCc2ccc(OC(C)C)nc2)on1. The van der Waals surface area contributed by atoms with E-state index in [4.69, 9.17) is 9.26 Å². The predicted molar refractivity (Wildman–Crippen MR) is 72.4 cm³/mol. The van der Waals surface area contributed by atoms with E-state index in [9.17, 15) is 4.79 Å². The highest BCUT2D eigenvalue weighted by Crippen LogP contribution is 2.09. The van der Waals surface area contributed by atoms with Gasteiger partial charge in [-0.15, -0.1) is 0 Å². The molecule has 0 spiro atoms. The molecule has 0 unspecified atom stereocenters. The zero-order valence-corrected chi connectivity index (χ0v) is 11.7. The minimum absolute atomic E-state index is 0.0859. The summed E-state index contributed by atoms with van der Waals surface area (Å²) in [4.78, 5) is 15.9. The molecule has 0 atom stereocenters. The number of pyridine rings is 1. The quantitative estimate of drug-likeness (QED) is 0.904. The van der Waals surface area contributed by atoms with E-state index in [1.54, 1.807) is 25.3 Å². The van der Waals surface area contributed by atoms with E-state index in [2.05, 4.69) is 15.5 Å². The van der Waals surface area contributed by atoms with Gasteiger partial charge >= 0.3 is 0 Å². The molecule has 0 aromatic carbocycles. The lowest BCUT2D eigenvalue weighted by Gasteiger charge is -2.09. The Kier molecular flexibility index (Phi) is 4.34. The molecule has 6 nitrogen and oxygen atoms in total. The summed E-state index contributed by atoms with van der Waals surface area (Å²) in [6.07, 6.45) is 1.76. The van der Waals surface area contributed by atoms with E-state index < -0.39 is 0 Å². The molecule has 1 N–H and O–H groups in total. The molecular weight excluding hydrogens is 258 g/mol. The van der Waals surface area contributed by atoms with Crippen LogP contribution in [0.4, 0.5) is 0 Å². The second-order valence-corrected chi connectivity index (χ2v) is 4.69. The fraction of sp³-hybridized carbons (Fsp3) is 0.357. The Labute approximate surface area is 117 Å². The first-order valence-electron chi connectivity index (χ1n) is 6.37. The number of nitrogens with one attached hydrogen (secondary N) is 1. The maximum Gasteiger partial charge on any atom is 0.290 e. The number of ether oxygens (including phenoxy) is 1. The third kappa shape index (κ3) is 3.81. The Bertz CT molecular complexity index is 576. The molecule has 2 aromatic heterocycles. The van der Waals surface area contributed by atoms with Gasteiger partial charge in [0.2, 0.25) is 11.6 Å². The molecule has 0 saturated carbocycles. The molecule has 106 valence electrons. The summed E-state index contributed by atoms with van der Waals surface area (Å²) in [5.41, 5.74) is 1.55. The summed E-state index contributed by atoms with van der Waals surface area (Å²) < 4.78 is 10.3. The second kappa shape index (κ2) is 6.18. The van der Waals surface area contributed by atoms with Crippen LogP contribution in [0.1, 0.15) is 35.7 Å². The topological polar surface area (TPSA) is 77.2 Å². The fourth-order valence-corrected chi connectivity index (χ4v) is 1.57. The molecule has 0 radical (unpaired) electrons. The number of aryl methyl sites for hydroxylation is 1.